The summed E-state index contributed by atoms with van der Waals surface area (Å²) in [6.45, 7) is 0. The van der Waals surface area contributed by atoms with Gasteiger partial charge in [0.05, 0.1) is 10.9 Å². The normalized spacial score (nSPS) is 24.7. The summed E-state index contributed by atoms with van der Waals surface area (Å²) in [5.74, 6) is -0.745. The lowest BCUT2D eigenvalue weighted by atomic mass is 10.1. The minimum atomic E-state index is -0.707. The molecule has 1 aliphatic carbocycles. The predicted octanol–water partition coefficient (Wildman–Crippen LogP) is 3.29. The summed E-state index contributed by atoms with van der Waals surface area (Å²) in [6, 6.07) is 5.58. The molecule has 1 fully saturated rings. The van der Waals surface area contributed by atoms with E-state index in [0.29, 0.717) is 5.02 Å². The average molecular weight is 276 g/mol. The third-order valence-corrected chi connectivity index (χ3v) is 3.69. The van der Waals surface area contributed by atoms with Crippen molar-refractivity contribution in [1.82, 2.24) is 0 Å². The van der Waals surface area contributed by atoms with Crippen LogP contribution in [0.15, 0.2) is 22.7 Å². The lowest BCUT2D eigenvalue weighted by molar-refractivity contribution is -0.138. The van der Waals surface area contributed by atoms with Crippen LogP contribution in [0.1, 0.15) is 17.9 Å². The molecule has 0 aliphatic heterocycles. The van der Waals surface area contributed by atoms with Crippen molar-refractivity contribution in [2.45, 2.75) is 12.3 Å². The van der Waals surface area contributed by atoms with E-state index in [-0.39, 0.29) is 11.8 Å². The zero-order valence-corrected chi connectivity index (χ0v) is 9.55. The van der Waals surface area contributed by atoms with Crippen LogP contribution in [0.3, 0.4) is 0 Å². The van der Waals surface area contributed by atoms with Gasteiger partial charge in [-0.05, 0) is 46.0 Å². The summed E-state index contributed by atoms with van der Waals surface area (Å²) in [6.07, 6.45) is 0.739. The quantitative estimate of drug-likeness (QED) is 0.899. The summed E-state index contributed by atoms with van der Waals surface area (Å²) in [7, 11) is 0. The molecule has 0 saturated heterocycles. The van der Waals surface area contributed by atoms with Crippen molar-refractivity contribution < 1.29 is 9.90 Å². The molecule has 2 atom stereocenters. The summed E-state index contributed by atoms with van der Waals surface area (Å²) < 4.78 is 0.827. The molecule has 2 nitrogen and oxygen atoms in total. The van der Waals surface area contributed by atoms with Crippen molar-refractivity contribution in [2.75, 3.05) is 0 Å². The second-order valence-electron chi connectivity index (χ2n) is 3.46. The van der Waals surface area contributed by atoms with E-state index in [0.717, 1.165) is 16.5 Å². The number of carbonyl (C=O) groups is 1. The molecule has 0 bridgehead atoms. The number of carboxylic acids is 1. The van der Waals surface area contributed by atoms with E-state index in [1.54, 1.807) is 6.07 Å². The highest BCUT2D eigenvalue weighted by atomic mass is 79.9. The van der Waals surface area contributed by atoms with Crippen molar-refractivity contribution in [2.24, 2.45) is 5.92 Å². The van der Waals surface area contributed by atoms with Crippen LogP contribution in [0.4, 0.5) is 0 Å². The Bertz CT molecular complexity index is 392. The van der Waals surface area contributed by atoms with E-state index in [4.69, 9.17) is 16.7 Å². The molecule has 74 valence electrons. The number of rotatable bonds is 2. The third kappa shape index (κ3) is 1.79. The number of aliphatic carboxylic acids is 1. The van der Waals surface area contributed by atoms with Crippen LogP contribution < -0.4 is 0 Å². The van der Waals surface area contributed by atoms with Crippen LogP contribution in [0.25, 0.3) is 0 Å². The van der Waals surface area contributed by atoms with Gasteiger partial charge in [-0.2, -0.15) is 0 Å². The first-order valence-electron chi connectivity index (χ1n) is 4.27. The van der Waals surface area contributed by atoms with Crippen LogP contribution in [-0.2, 0) is 4.79 Å². The molecule has 0 radical (unpaired) electrons. The molecule has 1 aromatic rings. The molecule has 0 aromatic heterocycles. The standard InChI is InChI=1S/C10H8BrClO2/c11-8-3-5(1-2-9(8)12)6-4-7(6)10(13)14/h1-3,6-7H,4H2,(H,13,14). The largest absolute Gasteiger partial charge is 0.481 e. The number of hydrogen-bond acceptors (Lipinski definition) is 1. The molecule has 14 heavy (non-hydrogen) atoms. The van der Waals surface area contributed by atoms with Crippen LogP contribution in [0, 0.1) is 5.92 Å². The van der Waals surface area contributed by atoms with Crippen molar-refractivity contribution in [1.29, 1.82) is 0 Å². The van der Waals surface area contributed by atoms with Crippen molar-refractivity contribution >= 4 is 33.5 Å². The molecule has 2 unspecified atom stereocenters. The second-order valence-corrected chi connectivity index (χ2v) is 4.72. The SMILES string of the molecule is O=C(O)C1CC1c1ccc(Cl)c(Br)c1. The Kier molecular flexibility index (Phi) is 2.54. The number of halogens is 2. The summed E-state index contributed by atoms with van der Waals surface area (Å²) in [5, 5.41) is 9.43. The summed E-state index contributed by atoms with van der Waals surface area (Å²) >= 11 is 9.16. The number of hydrogen-bond donors (Lipinski definition) is 1. The molecule has 0 amide bonds. The minimum Gasteiger partial charge on any atom is -0.481 e. The maximum Gasteiger partial charge on any atom is 0.307 e. The highest BCUT2D eigenvalue weighted by molar-refractivity contribution is 9.10. The molecule has 1 saturated carbocycles. The van der Waals surface area contributed by atoms with E-state index in [9.17, 15) is 4.79 Å². The Morgan fingerprint density at radius 3 is 2.79 bits per heavy atom. The van der Waals surface area contributed by atoms with E-state index in [1.165, 1.54) is 0 Å². The highest BCUT2D eigenvalue weighted by Crippen LogP contribution is 2.48. The first-order valence-corrected chi connectivity index (χ1v) is 5.44. The Morgan fingerprint density at radius 2 is 2.29 bits per heavy atom. The Hall–Kier alpha value is -0.540. The second kappa shape index (κ2) is 3.55. The van der Waals surface area contributed by atoms with E-state index in [2.05, 4.69) is 15.9 Å². The van der Waals surface area contributed by atoms with Gasteiger partial charge >= 0.3 is 5.97 Å². The fourth-order valence-electron chi connectivity index (χ4n) is 1.58. The fourth-order valence-corrected chi connectivity index (χ4v) is 2.09. The van der Waals surface area contributed by atoms with Gasteiger partial charge in [-0.1, -0.05) is 17.7 Å². The molecule has 1 aromatic carbocycles. The molecule has 2 rings (SSSR count). The fraction of sp³-hybridized carbons (Fsp3) is 0.300. The molecule has 0 spiro atoms. The topological polar surface area (TPSA) is 37.3 Å². The molecule has 1 aliphatic rings. The van der Waals surface area contributed by atoms with Gasteiger partial charge in [-0.3, -0.25) is 4.79 Å². The zero-order valence-electron chi connectivity index (χ0n) is 7.21. The first kappa shape index (κ1) is 9.99. The number of carboxylic acid groups (broad SMARTS) is 1. The van der Waals surface area contributed by atoms with Gasteiger partial charge in [0.1, 0.15) is 0 Å². The minimum absolute atomic E-state index is 0.168. The lowest BCUT2D eigenvalue weighted by Gasteiger charge is -2.01. The van der Waals surface area contributed by atoms with Gasteiger partial charge < -0.3 is 5.11 Å². The van der Waals surface area contributed by atoms with Crippen molar-refractivity contribution in [3.8, 4) is 0 Å². The Labute approximate surface area is 95.0 Å². The van der Waals surface area contributed by atoms with Crippen molar-refractivity contribution in [3.05, 3.63) is 33.3 Å². The zero-order chi connectivity index (χ0) is 10.3. The van der Waals surface area contributed by atoms with Crippen LogP contribution in [0.2, 0.25) is 5.02 Å². The van der Waals surface area contributed by atoms with Gasteiger partial charge in [0, 0.05) is 4.47 Å². The number of benzene rings is 1. The molecular formula is C10H8BrClO2. The average Bonchev–Trinajstić information content (AvgIpc) is 2.89. The molecule has 4 heteroatoms. The van der Waals surface area contributed by atoms with Gasteiger partial charge in [-0.15, -0.1) is 0 Å². The maximum atomic E-state index is 10.7. The monoisotopic (exact) mass is 274 g/mol. The lowest BCUT2D eigenvalue weighted by Crippen LogP contribution is -1.98. The predicted molar refractivity (Wildman–Crippen MR) is 57.6 cm³/mol. The summed E-state index contributed by atoms with van der Waals surface area (Å²) in [5.41, 5.74) is 1.05. The molecular weight excluding hydrogens is 267 g/mol. The molecule has 0 heterocycles. The van der Waals surface area contributed by atoms with Crippen LogP contribution in [-0.4, -0.2) is 11.1 Å². The third-order valence-electron chi connectivity index (χ3n) is 2.48. The Balaban J connectivity index is 2.20. The summed E-state index contributed by atoms with van der Waals surface area (Å²) in [4.78, 5) is 10.7. The smallest absolute Gasteiger partial charge is 0.307 e. The highest BCUT2D eigenvalue weighted by Gasteiger charge is 2.44. The van der Waals surface area contributed by atoms with Gasteiger partial charge in [-0.25, -0.2) is 0 Å². The van der Waals surface area contributed by atoms with Gasteiger partial charge in [0.25, 0.3) is 0 Å². The van der Waals surface area contributed by atoms with Gasteiger partial charge in [0.2, 0.25) is 0 Å². The van der Waals surface area contributed by atoms with Gasteiger partial charge in [0.15, 0.2) is 0 Å². The maximum absolute atomic E-state index is 10.7. The van der Waals surface area contributed by atoms with Crippen molar-refractivity contribution in [3.63, 3.8) is 0 Å². The van der Waals surface area contributed by atoms with Crippen LogP contribution in [0.5, 0.6) is 0 Å². The Morgan fingerprint density at radius 1 is 1.57 bits per heavy atom. The van der Waals surface area contributed by atoms with E-state index >= 15 is 0 Å². The van der Waals surface area contributed by atoms with E-state index in [1.807, 2.05) is 12.1 Å². The van der Waals surface area contributed by atoms with E-state index < -0.39 is 5.97 Å². The molecule has 1 N–H and O–H groups in total. The van der Waals surface area contributed by atoms with Crippen LogP contribution >= 0.6 is 27.5 Å². The first-order chi connectivity index (χ1) is 6.59.